The highest BCUT2D eigenvalue weighted by Crippen LogP contribution is 2.27. The number of rotatable bonds is 2. The van der Waals surface area contributed by atoms with Gasteiger partial charge in [0.05, 0.1) is 30.0 Å². The van der Waals surface area contributed by atoms with Crippen LogP contribution < -0.4 is 5.32 Å². The van der Waals surface area contributed by atoms with Gasteiger partial charge in [0, 0.05) is 6.54 Å². The lowest BCUT2D eigenvalue weighted by molar-refractivity contribution is -0.0973. The van der Waals surface area contributed by atoms with Crippen molar-refractivity contribution in [3.63, 3.8) is 0 Å². The number of anilines is 1. The summed E-state index contributed by atoms with van der Waals surface area (Å²) in [5, 5.41) is 3.46. The molecule has 0 aromatic heterocycles. The van der Waals surface area contributed by atoms with Crippen LogP contribution in [0.1, 0.15) is 24.8 Å². The van der Waals surface area contributed by atoms with Gasteiger partial charge in [-0.3, -0.25) is 0 Å². The molecular weight excluding hydrogens is 304 g/mol. The molecule has 2 heterocycles. The first kappa shape index (κ1) is 15.6. The van der Waals surface area contributed by atoms with Crippen LogP contribution in [0, 0.1) is 6.92 Å². The van der Waals surface area contributed by atoms with Crippen LogP contribution in [0.4, 0.5) is 10.5 Å². The predicted molar refractivity (Wildman–Crippen MR) is 85.2 cm³/mol. The first-order valence-electron chi connectivity index (χ1n) is 7.72. The van der Waals surface area contributed by atoms with Gasteiger partial charge in [-0.15, -0.1) is 0 Å². The molecule has 0 spiro atoms. The van der Waals surface area contributed by atoms with Crippen molar-refractivity contribution < 1.29 is 14.3 Å². The molecule has 1 N–H and O–H groups in total. The van der Waals surface area contributed by atoms with E-state index in [4.69, 9.17) is 21.1 Å². The Balaban J connectivity index is 1.71. The van der Waals surface area contributed by atoms with Gasteiger partial charge < -0.3 is 19.7 Å². The Morgan fingerprint density at radius 3 is 2.82 bits per heavy atom. The van der Waals surface area contributed by atoms with Gasteiger partial charge in [-0.25, -0.2) is 4.79 Å². The Morgan fingerprint density at radius 2 is 2.09 bits per heavy atom. The number of aryl methyl sites for hydroxylation is 1. The molecule has 5 nitrogen and oxygen atoms in total. The first-order valence-corrected chi connectivity index (χ1v) is 8.10. The van der Waals surface area contributed by atoms with Crippen molar-refractivity contribution >= 4 is 23.3 Å². The molecule has 3 rings (SSSR count). The average molecular weight is 325 g/mol. The maximum absolute atomic E-state index is 12.6. The van der Waals surface area contributed by atoms with Gasteiger partial charge in [-0.2, -0.15) is 0 Å². The van der Waals surface area contributed by atoms with Crippen molar-refractivity contribution in [2.45, 2.75) is 38.5 Å². The van der Waals surface area contributed by atoms with Crippen molar-refractivity contribution in [2.75, 3.05) is 25.1 Å². The Morgan fingerprint density at radius 1 is 1.32 bits per heavy atom. The molecule has 2 amide bonds. The first-order chi connectivity index (χ1) is 10.6. The zero-order valence-corrected chi connectivity index (χ0v) is 13.4. The monoisotopic (exact) mass is 324 g/mol. The SMILES string of the molecule is Cc1ccc(NC(=O)N2CCCCC2C2OCCO2)c(Cl)c1. The maximum atomic E-state index is 12.6. The van der Waals surface area contributed by atoms with E-state index in [1.807, 2.05) is 30.0 Å². The van der Waals surface area contributed by atoms with Gasteiger partial charge >= 0.3 is 6.03 Å². The molecule has 2 fully saturated rings. The van der Waals surface area contributed by atoms with Crippen LogP contribution in [0.15, 0.2) is 18.2 Å². The predicted octanol–water partition coefficient (Wildman–Crippen LogP) is 3.41. The van der Waals surface area contributed by atoms with E-state index < -0.39 is 0 Å². The second-order valence-corrected chi connectivity index (χ2v) is 6.19. The summed E-state index contributed by atoms with van der Waals surface area (Å²) in [5.41, 5.74) is 1.70. The summed E-state index contributed by atoms with van der Waals surface area (Å²) in [6.07, 6.45) is 2.68. The normalized spacial score (nSPS) is 22.8. The van der Waals surface area contributed by atoms with Crippen LogP contribution in [0.5, 0.6) is 0 Å². The Bertz CT molecular complexity index is 546. The van der Waals surface area contributed by atoms with Crippen LogP contribution >= 0.6 is 11.6 Å². The highest BCUT2D eigenvalue weighted by atomic mass is 35.5. The highest BCUT2D eigenvalue weighted by Gasteiger charge is 2.36. The molecule has 2 aliphatic heterocycles. The Kier molecular flexibility index (Phi) is 4.86. The second-order valence-electron chi connectivity index (χ2n) is 5.78. The lowest BCUT2D eigenvalue weighted by Gasteiger charge is -2.37. The summed E-state index contributed by atoms with van der Waals surface area (Å²) >= 11 is 6.19. The third-order valence-corrected chi connectivity index (χ3v) is 4.45. The average Bonchev–Trinajstić information content (AvgIpc) is 3.04. The minimum Gasteiger partial charge on any atom is -0.348 e. The molecule has 2 aliphatic rings. The third kappa shape index (κ3) is 3.37. The van der Waals surface area contributed by atoms with Crippen LogP contribution in [0.2, 0.25) is 5.02 Å². The molecular formula is C16H21ClN2O3. The van der Waals surface area contributed by atoms with Crippen molar-refractivity contribution in [1.29, 1.82) is 0 Å². The maximum Gasteiger partial charge on any atom is 0.322 e. The zero-order valence-electron chi connectivity index (χ0n) is 12.7. The van der Waals surface area contributed by atoms with E-state index >= 15 is 0 Å². The van der Waals surface area contributed by atoms with Crippen LogP contribution in [0.3, 0.4) is 0 Å². The molecule has 2 saturated heterocycles. The number of urea groups is 1. The number of amides is 2. The summed E-state index contributed by atoms with van der Waals surface area (Å²) in [4.78, 5) is 14.4. The number of hydrogen-bond donors (Lipinski definition) is 1. The minimum atomic E-state index is -0.306. The van der Waals surface area contributed by atoms with E-state index in [1.165, 1.54) is 0 Å². The van der Waals surface area contributed by atoms with E-state index in [0.29, 0.717) is 30.5 Å². The number of nitrogens with zero attached hydrogens (tertiary/aromatic N) is 1. The van der Waals surface area contributed by atoms with E-state index in [0.717, 1.165) is 24.8 Å². The summed E-state index contributed by atoms with van der Waals surface area (Å²) in [6, 6.07) is 5.43. The lowest BCUT2D eigenvalue weighted by Crippen LogP contribution is -2.51. The highest BCUT2D eigenvalue weighted by molar-refractivity contribution is 6.33. The fraction of sp³-hybridized carbons (Fsp3) is 0.562. The van der Waals surface area contributed by atoms with E-state index in [9.17, 15) is 4.79 Å². The fourth-order valence-corrected chi connectivity index (χ4v) is 3.28. The van der Waals surface area contributed by atoms with Gasteiger partial charge in [0.2, 0.25) is 0 Å². The molecule has 120 valence electrons. The summed E-state index contributed by atoms with van der Waals surface area (Å²) < 4.78 is 11.2. The van der Waals surface area contributed by atoms with Crippen LogP contribution in [0.25, 0.3) is 0 Å². The number of likely N-dealkylation sites (tertiary alicyclic amines) is 1. The number of ether oxygens (including phenoxy) is 2. The molecule has 1 aromatic rings. The molecule has 0 radical (unpaired) electrons. The molecule has 22 heavy (non-hydrogen) atoms. The smallest absolute Gasteiger partial charge is 0.322 e. The molecule has 0 bridgehead atoms. The quantitative estimate of drug-likeness (QED) is 0.907. The summed E-state index contributed by atoms with van der Waals surface area (Å²) in [5.74, 6) is 0. The van der Waals surface area contributed by atoms with Gasteiger partial charge in [-0.1, -0.05) is 17.7 Å². The summed E-state index contributed by atoms with van der Waals surface area (Å²) in [7, 11) is 0. The van der Waals surface area contributed by atoms with Gasteiger partial charge in [-0.05, 0) is 43.9 Å². The fourth-order valence-electron chi connectivity index (χ4n) is 3.00. The topological polar surface area (TPSA) is 50.8 Å². The number of piperidine rings is 1. The van der Waals surface area contributed by atoms with Gasteiger partial charge in [0.25, 0.3) is 0 Å². The minimum absolute atomic E-state index is 0.0273. The molecule has 1 aromatic carbocycles. The van der Waals surface area contributed by atoms with Gasteiger partial charge in [0.15, 0.2) is 6.29 Å². The lowest BCUT2D eigenvalue weighted by atomic mass is 10.0. The Hall–Kier alpha value is -1.30. The largest absolute Gasteiger partial charge is 0.348 e. The van der Waals surface area contributed by atoms with E-state index in [1.54, 1.807) is 0 Å². The second kappa shape index (κ2) is 6.86. The van der Waals surface area contributed by atoms with Crippen LogP contribution in [-0.2, 0) is 9.47 Å². The van der Waals surface area contributed by atoms with Crippen molar-refractivity contribution in [3.05, 3.63) is 28.8 Å². The number of carbonyl (C=O) groups excluding carboxylic acids is 1. The summed E-state index contributed by atoms with van der Waals surface area (Å²) in [6.45, 7) is 3.87. The number of benzene rings is 1. The molecule has 0 saturated carbocycles. The number of carbonyl (C=O) groups is 1. The Labute approximate surface area is 135 Å². The van der Waals surface area contributed by atoms with Crippen molar-refractivity contribution in [3.8, 4) is 0 Å². The van der Waals surface area contributed by atoms with Crippen molar-refractivity contribution in [2.24, 2.45) is 0 Å². The molecule has 1 unspecified atom stereocenters. The molecule has 6 heteroatoms. The van der Waals surface area contributed by atoms with Crippen molar-refractivity contribution in [1.82, 2.24) is 4.90 Å². The van der Waals surface area contributed by atoms with E-state index in [-0.39, 0.29) is 18.4 Å². The number of hydrogen-bond acceptors (Lipinski definition) is 3. The standard InChI is InChI=1S/C16H21ClN2O3/c1-11-5-6-13(12(17)10-11)18-16(20)19-7-3-2-4-14(19)15-21-8-9-22-15/h5-6,10,14-15H,2-4,7-9H2,1H3,(H,18,20). The van der Waals surface area contributed by atoms with Crippen LogP contribution in [-0.4, -0.2) is 43.0 Å². The molecule has 0 aliphatic carbocycles. The zero-order chi connectivity index (χ0) is 15.5. The number of nitrogens with one attached hydrogen (secondary N) is 1. The molecule has 1 atom stereocenters. The van der Waals surface area contributed by atoms with Gasteiger partial charge in [0.1, 0.15) is 0 Å². The van der Waals surface area contributed by atoms with E-state index in [2.05, 4.69) is 5.32 Å². The third-order valence-electron chi connectivity index (χ3n) is 4.14. The number of halogens is 1.